The maximum Gasteiger partial charge on any atom is 0.258 e. The Balaban J connectivity index is 0.00000408. The lowest BCUT2D eigenvalue weighted by Crippen LogP contribution is -3.00. The van der Waals surface area contributed by atoms with Gasteiger partial charge >= 0.3 is 0 Å². The van der Waals surface area contributed by atoms with Gasteiger partial charge in [0.2, 0.25) is 10.0 Å². The monoisotopic (exact) mass is 510 g/mol. The first kappa shape index (κ1) is 27.9. The molecular formula is C24H33ClN3O5S-. The lowest BCUT2D eigenvalue weighted by molar-refractivity contribution is -0.124. The summed E-state index contributed by atoms with van der Waals surface area (Å²) in [6.07, 6.45) is 6.41. The smallest absolute Gasteiger partial charge is 0.258 e. The van der Waals surface area contributed by atoms with E-state index in [-0.39, 0.29) is 35.9 Å². The molecule has 10 heteroatoms. The van der Waals surface area contributed by atoms with Gasteiger partial charge in [0.25, 0.3) is 5.91 Å². The standard InChI is InChI=1S/C24H33N3O5S.ClH/c1-31-23-15-19(16-26-14-13-18-7-10-21(11-8-18)33(25,29)30)9-12-22(23)32-17-24(28)27-20-5-3-2-4-6-20;/h7-12,15,20,26H,2-6,13-14,16-17H2,1H3,(H,27,28)(H2,25,29,30);1H/p-1. The Morgan fingerprint density at radius 2 is 1.71 bits per heavy atom. The fourth-order valence-corrected chi connectivity index (χ4v) is 4.43. The molecule has 0 unspecified atom stereocenters. The number of nitrogens with two attached hydrogens (primary N) is 1. The Morgan fingerprint density at radius 1 is 1.03 bits per heavy atom. The minimum Gasteiger partial charge on any atom is -1.00 e. The maximum absolute atomic E-state index is 12.2. The van der Waals surface area contributed by atoms with E-state index in [0.29, 0.717) is 18.0 Å². The highest BCUT2D eigenvalue weighted by Crippen LogP contribution is 2.28. The molecule has 188 valence electrons. The number of hydrogen-bond donors (Lipinski definition) is 3. The van der Waals surface area contributed by atoms with E-state index in [4.69, 9.17) is 14.6 Å². The predicted octanol–water partition coefficient (Wildman–Crippen LogP) is -0.493. The van der Waals surface area contributed by atoms with Gasteiger partial charge in [0.1, 0.15) is 0 Å². The number of primary sulfonamides is 1. The van der Waals surface area contributed by atoms with Crippen LogP contribution in [0.25, 0.3) is 0 Å². The molecule has 34 heavy (non-hydrogen) atoms. The zero-order valence-electron chi connectivity index (χ0n) is 19.4. The van der Waals surface area contributed by atoms with Gasteiger partial charge in [0.15, 0.2) is 18.1 Å². The molecule has 0 aromatic heterocycles. The van der Waals surface area contributed by atoms with E-state index in [1.54, 1.807) is 19.2 Å². The van der Waals surface area contributed by atoms with Gasteiger partial charge in [-0.2, -0.15) is 0 Å². The van der Waals surface area contributed by atoms with Crippen LogP contribution in [-0.4, -0.2) is 40.6 Å². The van der Waals surface area contributed by atoms with Crippen LogP contribution >= 0.6 is 0 Å². The van der Waals surface area contributed by atoms with Gasteiger partial charge in [-0.25, -0.2) is 13.6 Å². The van der Waals surface area contributed by atoms with Crippen LogP contribution in [0.3, 0.4) is 0 Å². The molecule has 1 aliphatic carbocycles. The van der Waals surface area contributed by atoms with Crippen LogP contribution in [0.15, 0.2) is 47.4 Å². The van der Waals surface area contributed by atoms with E-state index < -0.39 is 10.0 Å². The number of nitrogens with one attached hydrogen (secondary N) is 2. The van der Waals surface area contributed by atoms with E-state index in [1.165, 1.54) is 31.4 Å². The largest absolute Gasteiger partial charge is 1.00 e. The number of sulfonamides is 1. The maximum atomic E-state index is 12.2. The van der Waals surface area contributed by atoms with Crippen LogP contribution in [0.4, 0.5) is 0 Å². The Hall–Kier alpha value is -2.33. The summed E-state index contributed by atoms with van der Waals surface area (Å²) < 4.78 is 33.8. The second-order valence-electron chi connectivity index (χ2n) is 8.29. The van der Waals surface area contributed by atoms with Crippen LogP contribution in [0, 0.1) is 0 Å². The first-order valence-corrected chi connectivity index (χ1v) is 12.8. The van der Waals surface area contributed by atoms with Crippen molar-refractivity contribution in [1.82, 2.24) is 10.6 Å². The number of rotatable bonds is 11. The quantitative estimate of drug-likeness (QED) is 0.351. The third-order valence-electron chi connectivity index (χ3n) is 5.73. The molecule has 1 fully saturated rings. The van der Waals surface area contributed by atoms with Gasteiger partial charge in [-0.15, -0.1) is 0 Å². The van der Waals surface area contributed by atoms with Crippen molar-refractivity contribution in [3.8, 4) is 11.5 Å². The van der Waals surface area contributed by atoms with Crippen molar-refractivity contribution < 1.29 is 35.1 Å². The fraction of sp³-hybridized carbons (Fsp3) is 0.458. The summed E-state index contributed by atoms with van der Waals surface area (Å²) in [6.45, 7) is 1.32. The highest BCUT2D eigenvalue weighted by Gasteiger charge is 2.16. The first-order chi connectivity index (χ1) is 15.8. The summed E-state index contributed by atoms with van der Waals surface area (Å²) in [5.74, 6) is 1.01. The molecule has 0 radical (unpaired) electrons. The molecule has 1 aliphatic rings. The van der Waals surface area contributed by atoms with Crippen molar-refractivity contribution in [3.63, 3.8) is 0 Å². The number of methoxy groups -OCH3 is 1. The number of ether oxygens (including phenoxy) is 2. The molecule has 4 N–H and O–H groups in total. The van der Waals surface area contributed by atoms with E-state index in [1.807, 2.05) is 18.2 Å². The summed E-state index contributed by atoms with van der Waals surface area (Å²) in [7, 11) is -2.09. The van der Waals surface area contributed by atoms with Crippen molar-refractivity contribution in [2.45, 2.75) is 56.0 Å². The Labute approximate surface area is 208 Å². The van der Waals surface area contributed by atoms with Gasteiger partial charge in [-0.05, 0) is 61.2 Å². The molecule has 0 atom stereocenters. The predicted molar refractivity (Wildman–Crippen MR) is 127 cm³/mol. The number of carbonyl (C=O) groups excluding carboxylic acids is 1. The zero-order valence-corrected chi connectivity index (χ0v) is 21.0. The number of carbonyl (C=O) groups is 1. The summed E-state index contributed by atoms with van der Waals surface area (Å²) in [6, 6.07) is 12.5. The number of hydrogen-bond acceptors (Lipinski definition) is 6. The van der Waals surface area contributed by atoms with Crippen LogP contribution in [0.1, 0.15) is 43.2 Å². The Morgan fingerprint density at radius 3 is 2.35 bits per heavy atom. The number of amides is 1. The molecule has 0 saturated heterocycles. The summed E-state index contributed by atoms with van der Waals surface area (Å²) in [5.41, 5.74) is 2.04. The summed E-state index contributed by atoms with van der Waals surface area (Å²) in [4.78, 5) is 12.3. The lowest BCUT2D eigenvalue weighted by atomic mass is 9.95. The third-order valence-corrected chi connectivity index (χ3v) is 6.66. The van der Waals surface area contributed by atoms with Crippen LogP contribution < -0.4 is 37.7 Å². The van der Waals surface area contributed by atoms with Crippen molar-refractivity contribution >= 4 is 15.9 Å². The highest BCUT2D eigenvalue weighted by atomic mass is 35.5. The number of halogens is 1. The van der Waals surface area contributed by atoms with E-state index in [0.717, 1.165) is 36.9 Å². The minimum atomic E-state index is -3.67. The SMILES string of the molecule is COc1cc(CNCCc2ccc(S(N)(=O)=O)cc2)ccc1OCC(=O)NC1CCCCC1.[Cl-]. The molecule has 8 nitrogen and oxygen atoms in total. The molecule has 1 amide bonds. The normalized spacial score (nSPS) is 14.2. The van der Waals surface area contributed by atoms with E-state index >= 15 is 0 Å². The molecule has 0 spiro atoms. The van der Waals surface area contributed by atoms with Crippen molar-refractivity contribution in [1.29, 1.82) is 0 Å². The summed E-state index contributed by atoms with van der Waals surface area (Å²) >= 11 is 0. The molecule has 0 heterocycles. The topological polar surface area (TPSA) is 120 Å². The van der Waals surface area contributed by atoms with Crippen molar-refractivity contribution in [2.75, 3.05) is 20.3 Å². The number of benzene rings is 2. The van der Waals surface area contributed by atoms with E-state index in [2.05, 4.69) is 10.6 Å². The summed E-state index contributed by atoms with van der Waals surface area (Å²) in [5, 5.41) is 11.5. The van der Waals surface area contributed by atoms with Gasteiger partial charge in [-0.1, -0.05) is 37.5 Å². The second kappa shape index (κ2) is 13.5. The Kier molecular flexibility index (Phi) is 11.1. The lowest BCUT2D eigenvalue weighted by Gasteiger charge is -2.22. The molecule has 1 saturated carbocycles. The molecule has 3 rings (SSSR count). The minimum absolute atomic E-state index is 0. The molecule has 2 aromatic rings. The zero-order chi connectivity index (χ0) is 23.7. The van der Waals surface area contributed by atoms with Gasteiger partial charge in [0, 0.05) is 12.6 Å². The average Bonchev–Trinajstić information content (AvgIpc) is 2.81. The van der Waals surface area contributed by atoms with Gasteiger partial charge in [0.05, 0.1) is 12.0 Å². The highest BCUT2D eigenvalue weighted by molar-refractivity contribution is 7.89. The Bertz CT molecular complexity index is 1030. The van der Waals surface area contributed by atoms with Crippen LogP contribution in [-0.2, 0) is 27.8 Å². The third kappa shape index (κ3) is 8.79. The fourth-order valence-electron chi connectivity index (χ4n) is 3.91. The van der Waals surface area contributed by atoms with E-state index in [9.17, 15) is 13.2 Å². The van der Waals surface area contributed by atoms with Gasteiger partial charge in [-0.3, -0.25) is 4.79 Å². The first-order valence-electron chi connectivity index (χ1n) is 11.3. The molecule has 0 aliphatic heterocycles. The molecular weight excluding hydrogens is 478 g/mol. The van der Waals surface area contributed by atoms with Crippen molar-refractivity contribution in [2.24, 2.45) is 5.14 Å². The van der Waals surface area contributed by atoms with Gasteiger partial charge < -0.3 is 32.5 Å². The molecule has 0 bridgehead atoms. The van der Waals surface area contributed by atoms with Crippen LogP contribution in [0.5, 0.6) is 11.5 Å². The van der Waals surface area contributed by atoms with Crippen molar-refractivity contribution in [3.05, 3.63) is 53.6 Å². The molecule has 2 aromatic carbocycles. The average molecular weight is 511 g/mol. The second-order valence-corrected chi connectivity index (χ2v) is 9.85. The van der Waals surface area contributed by atoms with Crippen LogP contribution in [0.2, 0.25) is 0 Å².